The molecule has 1 saturated heterocycles. The summed E-state index contributed by atoms with van der Waals surface area (Å²) in [6.07, 6.45) is 2.99. The first-order valence-corrected chi connectivity index (χ1v) is 9.51. The Morgan fingerprint density at radius 1 is 1.19 bits per heavy atom. The summed E-state index contributed by atoms with van der Waals surface area (Å²) in [6, 6.07) is 8.27. The number of aryl methyl sites for hydroxylation is 1. The Kier molecular flexibility index (Phi) is 6.01. The maximum absolute atomic E-state index is 8.04. The number of rotatable bonds is 6. The Morgan fingerprint density at radius 2 is 1.93 bits per heavy atom. The molecular formula is C20H29N7. The molecule has 1 aliphatic rings. The second-order valence-electron chi connectivity index (χ2n) is 7.65. The molecular weight excluding hydrogens is 338 g/mol. The van der Waals surface area contributed by atoms with Crippen LogP contribution in [0, 0.1) is 16.9 Å². The minimum absolute atomic E-state index is 0.0250. The fourth-order valence-corrected chi connectivity index (χ4v) is 3.62. The van der Waals surface area contributed by atoms with Crippen molar-refractivity contribution in [2.45, 2.75) is 26.8 Å². The number of anilines is 1. The van der Waals surface area contributed by atoms with Crippen molar-refractivity contribution in [3.8, 4) is 0 Å². The van der Waals surface area contributed by atoms with E-state index >= 15 is 0 Å². The van der Waals surface area contributed by atoms with Gasteiger partial charge in [-0.3, -0.25) is 15.0 Å². The monoisotopic (exact) mass is 367 g/mol. The van der Waals surface area contributed by atoms with E-state index in [2.05, 4.69) is 52.1 Å². The molecule has 7 nitrogen and oxygen atoms in total. The number of hydrogen-bond acceptors (Lipinski definition) is 5. The Morgan fingerprint density at radius 3 is 2.52 bits per heavy atom. The molecule has 1 aromatic carbocycles. The van der Waals surface area contributed by atoms with Crippen molar-refractivity contribution in [2.24, 2.45) is 18.1 Å². The van der Waals surface area contributed by atoms with Crippen LogP contribution in [0.25, 0.3) is 0 Å². The third kappa shape index (κ3) is 4.80. The van der Waals surface area contributed by atoms with Crippen LogP contribution in [0.3, 0.4) is 0 Å². The lowest BCUT2D eigenvalue weighted by Crippen LogP contribution is -2.46. The summed E-state index contributed by atoms with van der Waals surface area (Å²) < 4.78 is 1.84. The molecule has 3 rings (SSSR count). The number of nitrogens with one attached hydrogen (secondary N) is 2. The molecule has 2 aromatic rings. The van der Waals surface area contributed by atoms with Crippen molar-refractivity contribution in [1.29, 1.82) is 10.9 Å². The Bertz CT molecular complexity index is 800. The zero-order valence-corrected chi connectivity index (χ0v) is 16.4. The van der Waals surface area contributed by atoms with E-state index in [1.807, 2.05) is 24.0 Å². The van der Waals surface area contributed by atoms with Gasteiger partial charge in [-0.05, 0) is 36.1 Å². The minimum Gasteiger partial charge on any atom is -0.368 e. The number of hydrogen-bond donors (Lipinski definition) is 2. The second-order valence-corrected chi connectivity index (χ2v) is 7.65. The van der Waals surface area contributed by atoms with E-state index < -0.39 is 0 Å². The number of nitrogens with zero attached hydrogens (tertiary/aromatic N) is 5. The highest BCUT2D eigenvalue weighted by atomic mass is 15.3. The van der Waals surface area contributed by atoms with E-state index in [1.54, 1.807) is 0 Å². The first kappa shape index (κ1) is 19.2. The van der Waals surface area contributed by atoms with Crippen LogP contribution in [-0.4, -0.2) is 46.7 Å². The lowest BCUT2D eigenvalue weighted by Gasteiger charge is -2.36. The fourth-order valence-electron chi connectivity index (χ4n) is 3.62. The van der Waals surface area contributed by atoms with Gasteiger partial charge < -0.3 is 4.90 Å². The maximum atomic E-state index is 8.04. The fraction of sp³-hybridized carbons (Fsp3) is 0.500. The first-order valence-electron chi connectivity index (χ1n) is 9.51. The predicted molar refractivity (Wildman–Crippen MR) is 108 cm³/mol. The molecule has 7 heteroatoms. The zero-order valence-electron chi connectivity index (χ0n) is 16.4. The largest absolute Gasteiger partial charge is 0.368 e. The zero-order chi connectivity index (χ0) is 19.4. The van der Waals surface area contributed by atoms with Crippen LogP contribution in [0.5, 0.6) is 0 Å². The van der Waals surface area contributed by atoms with Crippen LogP contribution in [0.4, 0.5) is 5.69 Å². The quantitative estimate of drug-likeness (QED) is 0.467. The van der Waals surface area contributed by atoms with Crippen LogP contribution < -0.4 is 4.90 Å². The average Bonchev–Trinajstić information content (AvgIpc) is 3.06. The molecule has 1 fully saturated rings. The van der Waals surface area contributed by atoms with Gasteiger partial charge in [0.25, 0.3) is 0 Å². The van der Waals surface area contributed by atoms with Gasteiger partial charge in [0.2, 0.25) is 0 Å². The van der Waals surface area contributed by atoms with Gasteiger partial charge in [0.05, 0.1) is 5.69 Å². The van der Waals surface area contributed by atoms with Gasteiger partial charge in [-0.1, -0.05) is 19.9 Å². The van der Waals surface area contributed by atoms with Crippen LogP contribution >= 0.6 is 0 Å². The van der Waals surface area contributed by atoms with Gasteiger partial charge in [0, 0.05) is 57.2 Å². The number of piperazine rings is 1. The third-order valence-corrected chi connectivity index (χ3v) is 4.94. The predicted octanol–water partition coefficient (Wildman–Crippen LogP) is 3.30. The number of amidine groups is 1. The van der Waals surface area contributed by atoms with Crippen molar-refractivity contribution in [3.63, 3.8) is 0 Å². The smallest absolute Gasteiger partial charge is 0.175 e. The Labute approximate surface area is 161 Å². The van der Waals surface area contributed by atoms with Gasteiger partial charge in [-0.15, -0.1) is 5.11 Å². The van der Waals surface area contributed by atoms with Crippen LogP contribution in [0.1, 0.15) is 30.7 Å². The molecule has 144 valence electrons. The molecule has 1 aliphatic heterocycles. The second kappa shape index (κ2) is 8.43. The lowest BCUT2D eigenvalue weighted by molar-refractivity contribution is 0.246. The Balaban J connectivity index is 1.73. The summed E-state index contributed by atoms with van der Waals surface area (Å²) in [5.41, 5.74) is 11.4. The molecule has 0 unspecified atom stereocenters. The molecule has 1 aromatic heterocycles. The normalized spacial score (nSPS) is 15.3. The van der Waals surface area contributed by atoms with E-state index in [-0.39, 0.29) is 5.84 Å². The molecule has 0 bridgehead atoms. The molecule has 2 N–H and O–H groups in total. The van der Waals surface area contributed by atoms with Crippen molar-refractivity contribution in [3.05, 3.63) is 47.3 Å². The summed E-state index contributed by atoms with van der Waals surface area (Å²) in [6.45, 7) is 9.00. The summed E-state index contributed by atoms with van der Waals surface area (Å²) in [7, 11) is 1.94. The molecule has 0 saturated carbocycles. The van der Waals surface area contributed by atoms with Crippen molar-refractivity contribution in [2.75, 3.05) is 31.1 Å². The lowest BCUT2D eigenvalue weighted by atomic mass is 9.99. The average molecular weight is 368 g/mol. The summed E-state index contributed by atoms with van der Waals surface area (Å²) in [5, 5.41) is 15.9. The van der Waals surface area contributed by atoms with Crippen molar-refractivity contribution >= 4 is 11.5 Å². The van der Waals surface area contributed by atoms with Gasteiger partial charge in [-0.2, -0.15) is 5.10 Å². The van der Waals surface area contributed by atoms with E-state index in [1.165, 1.54) is 5.56 Å². The van der Waals surface area contributed by atoms with Gasteiger partial charge >= 0.3 is 0 Å². The molecule has 0 atom stereocenters. The third-order valence-electron chi connectivity index (χ3n) is 4.94. The van der Waals surface area contributed by atoms with E-state index in [9.17, 15) is 0 Å². The molecule has 0 spiro atoms. The summed E-state index contributed by atoms with van der Waals surface area (Å²) >= 11 is 0. The number of aromatic nitrogens is 2. The first-order chi connectivity index (χ1) is 13.0. The van der Waals surface area contributed by atoms with E-state index in [0.29, 0.717) is 5.92 Å². The number of benzene rings is 1. The molecule has 0 amide bonds. The molecule has 0 aliphatic carbocycles. The minimum atomic E-state index is 0.0250. The molecule has 0 radical (unpaired) electrons. The standard InChI is InChI=1S/C20H29N7/c1-15(2)12-16-4-5-18(20(21)23-22)19(13-16)27-10-8-26(9-11-27)14-17-6-7-25(3)24-17/h4-7,13,15,21-22H,8-12,14H2,1-3H3. The topological polar surface area (TPSA) is 84.4 Å². The van der Waals surface area contributed by atoms with Gasteiger partial charge in [-0.25, -0.2) is 5.53 Å². The van der Waals surface area contributed by atoms with Crippen LogP contribution in [-0.2, 0) is 20.0 Å². The van der Waals surface area contributed by atoms with Crippen molar-refractivity contribution in [1.82, 2.24) is 14.7 Å². The highest BCUT2D eigenvalue weighted by Gasteiger charge is 2.21. The summed E-state index contributed by atoms with van der Waals surface area (Å²) in [5.74, 6) is 0.608. The molecule has 2 heterocycles. The van der Waals surface area contributed by atoms with Crippen LogP contribution in [0.2, 0.25) is 0 Å². The van der Waals surface area contributed by atoms with E-state index in [0.717, 1.165) is 56.1 Å². The Hall–Kier alpha value is -2.54. The maximum Gasteiger partial charge on any atom is 0.175 e. The SMILES string of the molecule is CC(C)Cc1ccc(C(=N)N=N)c(N2CCN(Cc3ccn(C)n3)CC2)c1. The molecule has 27 heavy (non-hydrogen) atoms. The van der Waals surface area contributed by atoms with Gasteiger partial charge in [0.15, 0.2) is 5.84 Å². The highest BCUT2D eigenvalue weighted by molar-refractivity contribution is 6.01. The van der Waals surface area contributed by atoms with Crippen LogP contribution in [0.15, 0.2) is 35.6 Å². The highest BCUT2D eigenvalue weighted by Crippen LogP contribution is 2.26. The van der Waals surface area contributed by atoms with E-state index in [4.69, 9.17) is 10.9 Å². The van der Waals surface area contributed by atoms with Crippen molar-refractivity contribution < 1.29 is 0 Å². The summed E-state index contributed by atoms with van der Waals surface area (Å²) in [4.78, 5) is 4.74. The van der Waals surface area contributed by atoms with Gasteiger partial charge in [0.1, 0.15) is 0 Å².